The highest BCUT2D eigenvalue weighted by molar-refractivity contribution is 5.84. The van der Waals surface area contributed by atoms with E-state index in [4.69, 9.17) is 11.0 Å². The Morgan fingerprint density at radius 2 is 1.75 bits per heavy atom. The number of phenols is 1. The van der Waals surface area contributed by atoms with E-state index in [-0.39, 0.29) is 5.75 Å². The molecular weight excluding hydrogens is 300 g/mol. The molecule has 0 amide bonds. The summed E-state index contributed by atoms with van der Waals surface area (Å²) in [4.78, 5) is 8.46. The molecule has 0 atom stereocenters. The molecule has 0 aliphatic heterocycles. The quantitative estimate of drug-likeness (QED) is 0.770. The summed E-state index contributed by atoms with van der Waals surface area (Å²) in [5.74, 6) is 0.652. The van der Waals surface area contributed by atoms with Gasteiger partial charge >= 0.3 is 0 Å². The first kappa shape index (κ1) is 15.5. The minimum Gasteiger partial charge on any atom is -0.508 e. The lowest BCUT2D eigenvalue weighted by molar-refractivity contribution is 0.475. The number of hydrogen-bond donors (Lipinski definition) is 2. The number of nitriles is 1. The fourth-order valence-corrected chi connectivity index (χ4v) is 2.75. The van der Waals surface area contributed by atoms with Crippen LogP contribution in [-0.4, -0.2) is 15.1 Å². The molecule has 0 unspecified atom stereocenters. The van der Waals surface area contributed by atoms with Crippen LogP contribution in [0.15, 0.2) is 48.8 Å². The molecule has 0 saturated heterocycles. The third kappa shape index (κ3) is 2.77. The van der Waals surface area contributed by atoms with Crippen molar-refractivity contribution in [3.63, 3.8) is 0 Å². The molecule has 0 aliphatic carbocycles. The number of aromatic hydroxyl groups is 1. The number of pyridine rings is 2. The lowest BCUT2D eigenvalue weighted by Crippen LogP contribution is -2.01. The third-order valence-corrected chi connectivity index (χ3v) is 3.91. The molecule has 0 radical (unpaired) electrons. The van der Waals surface area contributed by atoms with Gasteiger partial charge in [0.15, 0.2) is 0 Å². The van der Waals surface area contributed by atoms with Crippen molar-refractivity contribution in [2.75, 3.05) is 5.73 Å². The fraction of sp³-hybridized carbons (Fsp3) is 0.105. The van der Waals surface area contributed by atoms with Crippen LogP contribution in [0.4, 0.5) is 5.82 Å². The maximum Gasteiger partial charge on any atom is 0.140 e. The minimum atomic E-state index is 0.204. The van der Waals surface area contributed by atoms with E-state index in [1.807, 2.05) is 24.3 Å². The molecule has 0 fully saturated rings. The van der Waals surface area contributed by atoms with Crippen LogP contribution in [0.1, 0.15) is 18.2 Å². The monoisotopic (exact) mass is 316 g/mol. The van der Waals surface area contributed by atoms with Crippen LogP contribution in [-0.2, 0) is 6.42 Å². The van der Waals surface area contributed by atoms with Crippen molar-refractivity contribution in [2.45, 2.75) is 13.3 Å². The largest absolute Gasteiger partial charge is 0.508 e. The SMILES string of the molecule is CCc1c(-c2ccc(C#N)nc2)cnc(N)c1-c1ccc(O)cc1. The summed E-state index contributed by atoms with van der Waals surface area (Å²) in [5, 5.41) is 18.4. The lowest BCUT2D eigenvalue weighted by atomic mass is 9.92. The molecule has 5 heteroatoms. The normalized spacial score (nSPS) is 10.3. The van der Waals surface area contributed by atoms with Crippen LogP contribution in [0.2, 0.25) is 0 Å². The van der Waals surface area contributed by atoms with Gasteiger partial charge in [-0.1, -0.05) is 19.1 Å². The number of nitrogen functional groups attached to an aromatic ring is 1. The molecule has 24 heavy (non-hydrogen) atoms. The molecule has 0 saturated carbocycles. The Bertz CT molecular complexity index is 910. The van der Waals surface area contributed by atoms with E-state index in [9.17, 15) is 5.11 Å². The van der Waals surface area contributed by atoms with Gasteiger partial charge < -0.3 is 10.8 Å². The van der Waals surface area contributed by atoms with E-state index in [1.165, 1.54) is 0 Å². The Morgan fingerprint density at radius 3 is 2.33 bits per heavy atom. The molecule has 0 bridgehead atoms. The zero-order valence-corrected chi connectivity index (χ0v) is 13.2. The minimum absolute atomic E-state index is 0.204. The Hall–Kier alpha value is -3.39. The summed E-state index contributed by atoms with van der Waals surface area (Å²) in [6.07, 6.45) is 4.17. The maximum atomic E-state index is 9.50. The topological polar surface area (TPSA) is 95.8 Å². The molecule has 0 spiro atoms. The van der Waals surface area contributed by atoms with Crippen molar-refractivity contribution in [3.05, 3.63) is 60.0 Å². The molecule has 2 aromatic heterocycles. The van der Waals surface area contributed by atoms with Gasteiger partial charge in [-0.05, 0) is 41.8 Å². The van der Waals surface area contributed by atoms with E-state index in [1.54, 1.807) is 30.6 Å². The zero-order valence-electron chi connectivity index (χ0n) is 13.2. The second kappa shape index (κ2) is 6.39. The van der Waals surface area contributed by atoms with Gasteiger partial charge in [-0.3, -0.25) is 0 Å². The number of aromatic nitrogens is 2. The smallest absolute Gasteiger partial charge is 0.140 e. The number of hydrogen-bond acceptors (Lipinski definition) is 5. The van der Waals surface area contributed by atoms with E-state index in [2.05, 4.69) is 16.9 Å². The molecule has 0 aliphatic rings. The van der Waals surface area contributed by atoms with Crippen molar-refractivity contribution in [1.82, 2.24) is 9.97 Å². The van der Waals surface area contributed by atoms with Gasteiger partial charge in [0.1, 0.15) is 23.3 Å². The van der Waals surface area contributed by atoms with Crippen molar-refractivity contribution in [3.8, 4) is 34.1 Å². The van der Waals surface area contributed by atoms with Crippen molar-refractivity contribution < 1.29 is 5.11 Å². The van der Waals surface area contributed by atoms with Crippen LogP contribution in [0.3, 0.4) is 0 Å². The van der Waals surface area contributed by atoms with Crippen molar-refractivity contribution in [1.29, 1.82) is 5.26 Å². The van der Waals surface area contributed by atoms with Gasteiger partial charge in [0.2, 0.25) is 0 Å². The Labute approximate surface area is 140 Å². The first-order valence-corrected chi connectivity index (χ1v) is 7.57. The van der Waals surface area contributed by atoms with Gasteiger partial charge in [0, 0.05) is 29.1 Å². The van der Waals surface area contributed by atoms with Crippen molar-refractivity contribution >= 4 is 5.82 Å². The van der Waals surface area contributed by atoms with Gasteiger partial charge in [0.25, 0.3) is 0 Å². The third-order valence-electron chi connectivity index (χ3n) is 3.91. The number of anilines is 1. The standard InChI is InChI=1S/C19H16N4O/c1-2-16-17(13-3-6-14(9-20)22-10-13)11-23-19(21)18(16)12-4-7-15(24)8-5-12/h3-8,10-11,24H,2H2,1H3,(H2,21,23). The predicted octanol–water partition coefficient (Wildman–Crippen LogP) is 3.53. The van der Waals surface area contributed by atoms with Crippen LogP contribution in [0.25, 0.3) is 22.3 Å². The lowest BCUT2D eigenvalue weighted by Gasteiger charge is -2.15. The molecule has 3 N–H and O–H groups in total. The van der Waals surface area contributed by atoms with Gasteiger partial charge in [-0.2, -0.15) is 5.26 Å². The van der Waals surface area contributed by atoms with Gasteiger partial charge in [-0.15, -0.1) is 0 Å². The highest BCUT2D eigenvalue weighted by Crippen LogP contribution is 2.36. The van der Waals surface area contributed by atoms with E-state index in [0.29, 0.717) is 11.5 Å². The Morgan fingerprint density at radius 1 is 1.04 bits per heavy atom. The van der Waals surface area contributed by atoms with Crippen molar-refractivity contribution in [2.24, 2.45) is 0 Å². The molecule has 5 nitrogen and oxygen atoms in total. The van der Waals surface area contributed by atoms with Gasteiger partial charge in [-0.25, -0.2) is 9.97 Å². The summed E-state index contributed by atoms with van der Waals surface area (Å²) in [7, 11) is 0. The number of nitrogens with two attached hydrogens (primary N) is 1. The maximum absolute atomic E-state index is 9.50. The van der Waals surface area contributed by atoms with Gasteiger partial charge in [0.05, 0.1) is 0 Å². The highest BCUT2D eigenvalue weighted by Gasteiger charge is 2.15. The first-order chi connectivity index (χ1) is 11.6. The van der Waals surface area contributed by atoms with Crippen LogP contribution < -0.4 is 5.73 Å². The second-order valence-electron chi connectivity index (χ2n) is 5.36. The number of benzene rings is 1. The average Bonchev–Trinajstić information content (AvgIpc) is 2.62. The molecular formula is C19H16N4O. The molecule has 118 valence electrons. The Kier molecular flexibility index (Phi) is 4.13. The zero-order chi connectivity index (χ0) is 17.1. The molecule has 3 aromatic rings. The van der Waals surface area contributed by atoms with Crippen LogP contribution >= 0.6 is 0 Å². The number of nitrogens with zero attached hydrogens (tertiary/aromatic N) is 3. The summed E-state index contributed by atoms with van der Waals surface area (Å²) in [5.41, 5.74) is 11.1. The fourth-order valence-electron chi connectivity index (χ4n) is 2.75. The van der Waals surface area contributed by atoms with Crippen LogP contribution in [0, 0.1) is 11.3 Å². The second-order valence-corrected chi connectivity index (χ2v) is 5.36. The predicted molar refractivity (Wildman–Crippen MR) is 93.1 cm³/mol. The highest BCUT2D eigenvalue weighted by atomic mass is 16.3. The molecule has 3 rings (SSSR count). The van der Waals surface area contributed by atoms with E-state index in [0.717, 1.165) is 34.2 Å². The first-order valence-electron chi connectivity index (χ1n) is 7.57. The van der Waals surface area contributed by atoms with E-state index < -0.39 is 0 Å². The number of phenolic OH excluding ortho intramolecular Hbond substituents is 1. The molecule has 1 aromatic carbocycles. The Balaban J connectivity index is 2.19. The summed E-state index contributed by atoms with van der Waals surface area (Å²) in [6.45, 7) is 2.05. The summed E-state index contributed by atoms with van der Waals surface area (Å²) >= 11 is 0. The average molecular weight is 316 g/mol. The van der Waals surface area contributed by atoms with E-state index >= 15 is 0 Å². The summed E-state index contributed by atoms with van der Waals surface area (Å²) < 4.78 is 0. The summed E-state index contributed by atoms with van der Waals surface area (Å²) in [6, 6.07) is 12.5. The molecule has 2 heterocycles. The van der Waals surface area contributed by atoms with Crippen LogP contribution in [0.5, 0.6) is 5.75 Å². The number of rotatable bonds is 3.